The van der Waals surface area contributed by atoms with Gasteiger partial charge in [-0.05, 0) is 37.3 Å². The maximum Gasteiger partial charge on any atom is 0.319 e. The van der Waals surface area contributed by atoms with Crippen molar-refractivity contribution < 1.29 is 14.3 Å². The Bertz CT molecular complexity index is 695. The average molecular weight is 369 g/mol. The maximum absolute atomic E-state index is 11.8. The molecule has 2 aromatic rings. The second-order valence-electron chi connectivity index (χ2n) is 4.76. The third-order valence-electron chi connectivity index (χ3n) is 2.95. The summed E-state index contributed by atoms with van der Waals surface area (Å²) in [4.78, 5) is 11.8. The molecule has 128 valence electrons. The average Bonchev–Trinajstić information content (AvgIpc) is 2.56. The summed E-state index contributed by atoms with van der Waals surface area (Å²) in [5, 5.41) is 6.22. The molecule has 0 aromatic heterocycles. The lowest BCUT2D eigenvalue weighted by Gasteiger charge is -2.11. The van der Waals surface area contributed by atoms with E-state index in [0.29, 0.717) is 41.2 Å². The van der Waals surface area contributed by atoms with Crippen LogP contribution >= 0.6 is 23.2 Å². The normalized spacial score (nSPS) is 10.1. The number of anilines is 1. The zero-order valence-corrected chi connectivity index (χ0v) is 14.7. The summed E-state index contributed by atoms with van der Waals surface area (Å²) in [5.41, 5.74) is 0.451. The van der Waals surface area contributed by atoms with E-state index in [4.69, 9.17) is 32.7 Å². The lowest BCUT2D eigenvalue weighted by Crippen LogP contribution is -2.32. The molecule has 2 aromatic carbocycles. The Morgan fingerprint density at radius 1 is 1.08 bits per heavy atom. The van der Waals surface area contributed by atoms with Gasteiger partial charge in [-0.15, -0.1) is 0 Å². The molecule has 0 spiro atoms. The molecule has 0 heterocycles. The zero-order valence-electron chi connectivity index (χ0n) is 13.1. The fourth-order valence-corrected chi connectivity index (χ4v) is 2.25. The summed E-state index contributed by atoms with van der Waals surface area (Å²) in [7, 11) is 0. The van der Waals surface area contributed by atoms with E-state index in [1.165, 1.54) is 0 Å². The van der Waals surface area contributed by atoms with Crippen molar-refractivity contribution in [3.05, 3.63) is 52.5 Å². The topological polar surface area (TPSA) is 59.6 Å². The first-order valence-electron chi connectivity index (χ1n) is 7.44. The second-order valence-corrected chi connectivity index (χ2v) is 5.61. The van der Waals surface area contributed by atoms with Gasteiger partial charge in [0.25, 0.3) is 0 Å². The molecule has 0 aliphatic carbocycles. The SMILES string of the molecule is CCOc1cccc(OCCNC(=O)Nc2cc(Cl)ccc2Cl)c1. The first-order chi connectivity index (χ1) is 11.6. The van der Waals surface area contributed by atoms with Gasteiger partial charge in [0.05, 0.1) is 23.9 Å². The molecule has 7 heteroatoms. The lowest BCUT2D eigenvalue weighted by atomic mass is 10.3. The van der Waals surface area contributed by atoms with E-state index in [2.05, 4.69) is 10.6 Å². The van der Waals surface area contributed by atoms with Crippen molar-refractivity contribution in [1.29, 1.82) is 0 Å². The van der Waals surface area contributed by atoms with E-state index < -0.39 is 0 Å². The molecule has 0 radical (unpaired) electrons. The van der Waals surface area contributed by atoms with Gasteiger partial charge in [-0.2, -0.15) is 0 Å². The number of urea groups is 1. The summed E-state index contributed by atoms with van der Waals surface area (Å²) in [6.07, 6.45) is 0. The van der Waals surface area contributed by atoms with Gasteiger partial charge >= 0.3 is 6.03 Å². The molecule has 2 N–H and O–H groups in total. The molecule has 0 saturated carbocycles. The third-order valence-corrected chi connectivity index (χ3v) is 3.51. The number of carbonyl (C=O) groups excluding carboxylic acids is 1. The molecule has 0 aliphatic rings. The predicted octanol–water partition coefficient (Wildman–Crippen LogP) is 4.59. The Balaban J connectivity index is 1.75. The van der Waals surface area contributed by atoms with Crippen molar-refractivity contribution in [2.75, 3.05) is 25.1 Å². The van der Waals surface area contributed by atoms with Crippen LogP contribution in [0.25, 0.3) is 0 Å². The van der Waals surface area contributed by atoms with Crippen LogP contribution in [0.2, 0.25) is 10.0 Å². The highest BCUT2D eigenvalue weighted by Gasteiger charge is 2.06. The molecule has 5 nitrogen and oxygen atoms in total. The quantitative estimate of drug-likeness (QED) is 0.702. The van der Waals surface area contributed by atoms with Crippen molar-refractivity contribution >= 4 is 34.9 Å². The van der Waals surface area contributed by atoms with Crippen molar-refractivity contribution in [3.8, 4) is 11.5 Å². The Morgan fingerprint density at radius 2 is 1.83 bits per heavy atom. The number of amides is 2. The Labute approximate surface area is 150 Å². The Hall–Kier alpha value is -2.11. The van der Waals surface area contributed by atoms with Crippen molar-refractivity contribution in [1.82, 2.24) is 5.32 Å². The van der Waals surface area contributed by atoms with E-state index >= 15 is 0 Å². The van der Waals surface area contributed by atoms with Gasteiger partial charge in [0.2, 0.25) is 0 Å². The zero-order chi connectivity index (χ0) is 17.4. The Morgan fingerprint density at radius 3 is 2.58 bits per heavy atom. The number of benzene rings is 2. The molecule has 0 saturated heterocycles. The van der Waals surface area contributed by atoms with Crippen LogP contribution in [0.1, 0.15) is 6.92 Å². The van der Waals surface area contributed by atoms with Crippen molar-refractivity contribution in [2.24, 2.45) is 0 Å². The lowest BCUT2D eigenvalue weighted by molar-refractivity contribution is 0.247. The van der Waals surface area contributed by atoms with Gasteiger partial charge in [-0.3, -0.25) is 0 Å². The van der Waals surface area contributed by atoms with Crippen LogP contribution < -0.4 is 20.1 Å². The summed E-state index contributed by atoms with van der Waals surface area (Å²) < 4.78 is 11.0. The van der Waals surface area contributed by atoms with E-state index in [9.17, 15) is 4.79 Å². The van der Waals surface area contributed by atoms with Crippen molar-refractivity contribution in [2.45, 2.75) is 6.92 Å². The van der Waals surface area contributed by atoms with Crippen LogP contribution in [0.15, 0.2) is 42.5 Å². The summed E-state index contributed by atoms with van der Waals surface area (Å²) in [6.45, 7) is 3.18. The maximum atomic E-state index is 11.8. The van der Waals surface area contributed by atoms with E-state index in [-0.39, 0.29) is 6.03 Å². The number of ether oxygens (including phenoxy) is 2. The monoisotopic (exact) mass is 368 g/mol. The van der Waals surface area contributed by atoms with E-state index in [1.54, 1.807) is 24.3 Å². The van der Waals surface area contributed by atoms with Crippen LogP contribution in [0.3, 0.4) is 0 Å². The standard InChI is InChI=1S/C17H18Cl2N2O3/c1-2-23-13-4-3-5-14(11-13)24-9-8-20-17(22)21-16-10-12(18)6-7-15(16)19/h3-7,10-11H,2,8-9H2,1H3,(H2,20,21,22). The number of hydrogen-bond acceptors (Lipinski definition) is 3. The van der Waals surface area contributed by atoms with E-state index in [0.717, 1.165) is 5.75 Å². The van der Waals surface area contributed by atoms with E-state index in [1.807, 2.05) is 25.1 Å². The highest BCUT2D eigenvalue weighted by molar-refractivity contribution is 6.35. The minimum Gasteiger partial charge on any atom is -0.494 e. The van der Waals surface area contributed by atoms with Gasteiger partial charge in [-0.25, -0.2) is 4.79 Å². The molecule has 2 rings (SSSR count). The number of halogens is 2. The smallest absolute Gasteiger partial charge is 0.319 e. The minimum atomic E-state index is -0.383. The molecular weight excluding hydrogens is 351 g/mol. The van der Waals surface area contributed by atoms with Gasteiger partial charge in [0, 0.05) is 11.1 Å². The number of rotatable bonds is 7. The Kier molecular flexibility index (Phi) is 7.03. The number of nitrogens with one attached hydrogen (secondary N) is 2. The van der Waals surface area contributed by atoms with Crippen LogP contribution in [0.4, 0.5) is 10.5 Å². The van der Waals surface area contributed by atoms with Crippen LogP contribution in [0.5, 0.6) is 11.5 Å². The number of carbonyl (C=O) groups is 1. The third kappa shape index (κ3) is 5.83. The molecule has 0 bridgehead atoms. The number of hydrogen-bond donors (Lipinski definition) is 2. The summed E-state index contributed by atoms with van der Waals surface area (Å²) >= 11 is 11.9. The summed E-state index contributed by atoms with van der Waals surface area (Å²) in [6, 6.07) is 11.8. The first-order valence-corrected chi connectivity index (χ1v) is 8.19. The van der Waals surface area contributed by atoms with Crippen LogP contribution in [-0.2, 0) is 0 Å². The van der Waals surface area contributed by atoms with Crippen molar-refractivity contribution in [3.63, 3.8) is 0 Å². The largest absolute Gasteiger partial charge is 0.494 e. The molecular formula is C17H18Cl2N2O3. The molecule has 24 heavy (non-hydrogen) atoms. The van der Waals surface area contributed by atoms with Gasteiger partial charge in [-0.1, -0.05) is 29.3 Å². The molecule has 0 fully saturated rings. The minimum absolute atomic E-state index is 0.326. The first kappa shape index (κ1) is 18.2. The highest BCUT2D eigenvalue weighted by atomic mass is 35.5. The fraction of sp³-hybridized carbons (Fsp3) is 0.235. The van der Waals surface area contributed by atoms with Crippen LogP contribution in [0, 0.1) is 0 Å². The fourth-order valence-electron chi connectivity index (χ4n) is 1.91. The second kappa shape index (κ2) is 9.25. The van der Waals surface area contributed by atoms with Crippen LogP contribution in [-0.4, -0.2) is 25.8 Å². The van der Waals surface area contributed by atoms with Gasteiger partial charge in [0.1, 0.15) is 18.1 Å². The summed E-state index contributed by atoms with van der Waals surface area (Å²) in [5.74, 6) is 1.43. The molecule has 0 atom stereocenters. The molecule has 0 unspecified atom stereocenters. The predicted molar refractivity (Wildman–Crippen MR) is 96.6 cm³/mol. The highest BCUT2D eigenvalue weighted by Crippen LogP contribution is 2.25. The molecule has 2 amide bonds. The van der Waals surface area contributed by atoms with Gasteiger partial charge in [0.15, 0.2) is 0 Å². The van der Waals surface area contributed by atoms with Gasteiger partial charge < -0.3 is 20.1 Å². The molecule has 0 aliphatic heterocycles.